The second-order valence-corrected chi connectivity index (χ2v) is 7.80. The third-order valence-electron chi connectivity index (χ3n) is 6.22. The largest absolute Gasteiger partial charge is 0.396 e. The monoisotopic (exact) mass is 314 g/mol. The molecule has 0 radical (unpaired) electrons. The SMILES string of the molecule is C=C1[C@H](CO)CC[C@]2(C)C3=C(CC[C@@H]12)C(=O)C(C(C)C)=CC3=O. The van der Waals surface area contributed by atoms with Crippen LogP contribution in [0.1, 0.15) is 46.5 Å². The number of aliphatic hydroxyl groups is 1. The molecule has 3 aliphatic carbocycles. The van der Waals surface area contributed by atoms with Crippen LogP contribution in [0, 0.1) is 23.2 Å². The van der Waals surface area contributed by atoms with Crippen molar-refractivity contribution in [1.82, 2.24) is 0 Å². The van der Waals surface area contributed by atoms with Crippen molar-refractivity contribution in [3.8, 4) is 0 Å². The highest BCUT2D eigenvalue weighted by atomic mass is 16.3. The molecule has 0 aromatic heterocycles. The maximum Gasteiger partial charge on any atom is 0.185 e. The summed E-state index contributed by atoms with van der Waals surface area (Å²) >= 11 is 0. The predicted molar refractivity (Wildman–Crippen MR) is 89.7 cm³/mol. The Labute approximate surface area is 138 Å². The molecule has 3 nitrogen and oxygen atoms in total. The average Bonchev–Trinajstić information content (AvgIpc) is 2.50. The Bertz CT molecular complexity index is 650. The molecule has 1 fully saturated rings. The number of hydrogen-bond donors (Lipinski definition) is 1. The maximum absolute atomic E-state index is 12.8. The Hall–Kier alpha value is -1.48. The van der Waals surface area contributed by atoms with Gasteiger partial charge in [0, 0.05) is 34.7 Å². The summed E-state index contributed by atoms with van der Waals surface area (Å²) in [6.45, 7) is 10.4. The molecule has 0 aliphatic heterocycles. The summed E-state index contributed by atoms with van der Waals surface area (Å²) in [6, 6.07) is 0. The van der Waals surface area contributed by atoms with Gasteiger partial charge in [-0.1, -0.05) is 32.9 Å². The molecular formula is C20H26O3. The second-order valence-electron chi connectivity index (χ2n) is 7.80. The number of hydrogen-bond acceptors (Lipinski definition) is 3. The molecule has 0 heterocycles. The van der Waals surface area contributed by atoms with Crippen LogP contribution in [-0.4, -0.2) is 23.3 Å². The van der Waals surface area contributed by atoms with Crippen LogP contribution >= 0.6 is 0 Å². The van der Waals surface area contributed by atoms with Gasteiger partial charge < -0.3 is 5.11 Å². The summed E-state index contributed by atoms with van der Waals surface area (Å²) in [5.41, 5.74) is 2.89. The average molecular weight is 314 g/mol. The predicted octanol–water partition coefficient (Wildman–Crippen LogP) is 3.39. The van der Waals surface area contributed by atoms with Gasteiger partial charge in [0.25, 0.3) is 0 Å². The minimum absolute atomic E-state index is 0.0192. The number of carbonyl (C=O) groups excluding carboxylic acids is 2. The first-order chi connectivity index (χ1) is 10.8. The summed E-state index contributed by atoms with van der Waals surface area (Å²) in [6.07, 6.45) is 4.75. The Morgan fingerprint density at radius 3 is 2.65 bits per heavy atom. The summed E-state index contributed by atoms with van der Waals surface area (Å²) < 4.78 is 0. The van der Waals surface area contributed by atoms with Crippen molar-refractivity contribution in [1.29, 1.82) is 0 Å². The van der Waals surface area contributed by atoms with E-state index in [1.807, 2.05) is 13.8 Å². The van der Waals surface area contributed by atoms with Crippen LogP contribution < -0.4 is 0 Å². The normalized spacial score (nSPS) is 34.5. The lowest BCUT2D eigenvalue weighted by Gasteiger charge is -2.50. The van der Waals surface area contributed by atoms with Crippen molar-refractivity contribution in [3.05, 3.63) is 34.9 Å². The van der Waals surface area contributed by atoms with E-state index < -0.39 is 0 Å². The Kier molecular flexibility index (Phi) is 3.96. The highest BCUT2D eigenvalue weighted by Gasteiger charge is 2.51. The van der Waals surface area contributed by atoms with Crippen molar-refractivity contribution < 1.29 is 14.7 Å². The molecule has 0 spiro atoms. The lowest BCUT2D eigenvalue weighted by atomic mass is 9.52. The van der Waals surface area contributed by atoms with E-state index in [0.29, 0.717) is 12.0 Å². The molecule has 0 unspecified atom stereocenters. The molecule has 3 aliphatic rings. The van der Waals surface area contributed by atoms with Crippen LogP contribution in [0.25, 0.3) is 0 Å². The number of aliphatic hydroxyl groups excluding tert-OH is 1. The van der Waals surface area contributed by atoms with Crippen molar-refractivity contribution in [2.45, 2.75) is 46.5 Å². The minimum atomic E-state index is -0.303. The quantitative estimate of drug-likeness (QED) is 0.628. The molecule has 3 atom stereocenters. The zero-order valence-corrected chi connectivity index (χ0v) is 14.3. The topological polar surface area (TPSA) is 54.4 Å². The lowest BCUT2D eigenvalue weighted by Crippen LogP contribution is -2.45. The van der Waals surface area contributed by atoms with Gasteiger partial charge >= 0.3 is 0 Å². The van der Waals surface area contributed by atoms with Gasteiger partial charge in [-0.15, -0.1) is 0 Å². The highest BCUT2D eigenvalue weighted by Crippen LogP contribution is 2.57. The molecule has 3 rings (SSSR count). The van der Waals surface area contributed by atoms with E-state index in [0.717, 1.165) is 36.0 Å². The number of fused-ring (bicyclic) bond motifs is 2. The first-order valence-corrected chi connectivity index (χ1v) is 8.65. The third kappa shape index (κ3) is 2.28. The second kappa shape index (κ2) is 5.55. The number of carbonyl (C=O) groups is 2. The fourth-order valence-electron chi connectivity index (χ4n) is 4.84. The smallest absolute Gasteiger partial charge is 0.185 e. The number of ketones is 2. The Morgan fingerprint density at radius 1 is 1.35 bits per heavy atom. The van der Waals surface area contributed by atoms with Gasteiger partial charge in [0.1, 0.15) is 0 Å². The fraction of sp³-hybridized carbons (Fsp3) is 0.600. The number of allylic oxidation sites excluding steroid dienone is 4. The van der Waals surface area contributed by atoms with Crippen LogP contribution in [0.2, 0.25) is 0 Å². The highest BCUT2D eigenvalue weighted by molar-refractivity contribution is 6.23. The molecule has 0 bridgehead atoms. The summed E-state index contributed by atoms with van der Waals surface area (Å²) in [5.74, 6) is 0.491. The van der Waals surface area contributed by atoms with Gasteiger partial charge in [0.15, 0.2) is 11.6 Å². The van der Waals surface area contributed by atoms with E-state index in [4.69, 9.17) is 0 Å². The summed E-state index contributed by atoms with van der Waals surface area (Å²) in [5, 5.41) is 9.55. The van der Waals surface area contributed by atoms with Gasteiger partial charge in [-0.05, 0) is 43.6 Å². The standard InChI is InChI=1S/C20H26O3/c1-11(2)15-9-17(22)18-14(19(15)23)5-6-16-12(3)13(10-21)7-8-20(16,18)4/h9,11,13,16,21H,3,5-8,10H2,1-2,4H3/t13-,16-,20-/m0/s1. The van der Waals surface area contributed by atoms with Gasteiger partial charge in [-0.2, -0.15) is 0 Å². The molecule has 0 aromatic rings. The first kappa shape index (κ1) is 16.4. The van der Waals surface area contributed by atoms with Crippen molar-refractivity contribution in [3.63, 3.8) is 0 Å². The zero-order chi connectivity index (χ0) is 16.9. The minimum Gasteiger partial charge on any atom is -0.396 e. The molecule has 23 heavy (non-hydrogen) atoms. The van der Waals surface area contributed by atoms with Gasteiger partial charge in [-0.25, -0.2) is 0 Å². The molecule has 0 amide bonds. The molecule has 0 aromatic carbocycles. The molecule has 3 heteroatoms. The molecule has 0 saturated heterocycles. The van der Waals surface area contributed by atoms with Gasteiger partial charge in [-0.3, -0.25) is 9.59 Å². The Morgan fingerprint density at radius 2 is 2.04 bits per heavy atom. The van der Waals surface area contributed by atoms with Crippen molar-refractivity contribution >= 4 is 11.6 Å². The lowest BCUT2D eigenvalue weighted by molar-refractivity contribution is -0.118. The van der Waals surface area contributed by atoms with Crippen LogP contribution in [0.5, 0.6) is 0 Å². The first-order valence-electron chi connectivity index (χ1n) is 8.65. The van der Waals surface area contributed by atoms with E-state index >= 15 is 0 Å². The van der Waals surface area contributed by atoms with E-state index in [2.05, 4.69) is 13.5 Å². The molecule has 1 N–H and O–H groups in total. The van der Waals surface area contributed by atoms with E-state index in [-0.39, 0.29) is 41.3 Å². The molecule has 1 saturated carbocycles. The maximum atomic E-state index is 12.8. The number of Topliss-reactive ketones (excluding diaryl/α,β-unsaturated/α-hetero) is 1. The van der Waals surface area contributed by atoms with Crippen molar-refractivity contribution in [2.75, 3.05) is 6.61 Å². The molecule has 124 valence electrons. The zero-order valence-electron chi connectivity index (χ0n) is 14.3. The van der Waals surface area contributed by atoms with Crippen molar-refractivity contribution in [2.24, 2.45) is 23.2 Å². The van der Waals surface area contributed by atoms with Crippen LogP contribution in [0.15, 0.2) is 34.9 Å². The summed E-state index contributed by atoms with van der Waals surface area (Å²) in [4.78, 5) is 25.7. The van der Waals surface area contributed by atoms with Gasteiger partial charge in [0.2, 0.25) is 0 Å². The van der Waals surface area contributed by atoms with Crippen LogP contribution in [0.4, 0.5) is 0 Å². The number of rotatable bonds is 2. The van der Waals surface area contributed by atoms with Crippen LogP contribution in [-0.2, 0) is 9.59 Å². The molecular weight excluding hydrogens is 288 g/mol. The third-order valence-corrected chi connectivity index (χ3v) is 6.22. The Balaban J connectivity index is 2.05. The van der Waals surface area contributed by atoms with E-state index in [1.165, 1.54) is 0 Å². The van der Waals surface area contributed by atoms with Crippen LogP contribution in [0.3, 0.4) is 0 Å². The van der Waals surface area contributed by atoms with E-state index in [9.17, 15) is 14.7 Å². The van der Waals surface area contributed by atoms with E-state index in [1.54, 1.807) is 6.08 Å². The fourth-order valence-corrected chi connectivity index (χ4v) is 4.84. The van der Waals surface area contributed by atoms with Gasteiger partial charge in [0.05, 0.1) is 0 Å². The summed E-state index contributed by atoms with van der Waals surface area (Å²) in [7, 11) is 0.